The van der Waals surface area contributed by atoms with E-state index in [0.717, 1.165) is 33.4 Å². The molecular weight excluding hydrogens is 745 g/mol. The average Bonchev–Trinajstić information content (AvgIpc) is 4.03. The first-order valence-electron chi connectivity index (χ1n) is 19.2. The minimum atomic E-state index is -0.713. The predicted octanol–water partition coefficient (Wildman–Crippen LogP) is 5.73. The Morgan fingerprint density at radius 2 is 1.25 bits per heavy atom. The number of ether oxygens (including phenoxy) is 2. The summed E-state index contributed by atoms with van der Waals surface area (Å²) in [6, 6.07) is 6.11. The zero-order chi connectivity index (χ0) is 41.0. The van der Waals surface area contributed by atoms with E-state index in [4.69, 9.17) is 19.4 Å². The maximum atomic E-state index is 13.6. The second-order valence-corrected chi connectivity index (χ2v) is 16.7. The number of carbonyl (C=O) groups is 4. The van der Waals surface area contributed by atoms with Crippen LogP contribution in [-0.4, -0.2) is 93.1 Å². The lowest BCUT2D eigenvalue weighted by atomic mass is 10.0. The lowest BCUT2D eigenvalue weighted by Crippen LogP contribution is -2.51. The minimum absolute atomic E-state index is 0.124. The number of imidazole rings is 2. The van der Waals surface area contributed by atoms with Crippen molar-refractivity contribution in [2.24, 2.45) is 23.7 Å². The first-order chi connectivity index (χ1) is 27.2. The van der Waals surface area contributed by atoms with Gasteiger partial charge in [0.25, 0.3) is 0 Å². The molecular formula is C42H50N8O6S. The summed E-state index contributed by atoms with van der Waals surface area (Å²) in [6.45, 7) is 12.9. The monoisotopic (exact) mass is 794 g/mol. The minimum Gasteiger partial charge on any atom is -0.453 e. The Hall–Kier alpha value is -5.80. The van der Waals surface area contributed by atoms with Crippen molar-refractivity contribution in [1.82, 2.24) is 40.4 Å². The quantitative estimate of drug-likeness (QED) is 0.164. The normalized spacial score (nSPS) is 20.1. The molecule has 3 aromatic heterocycles. The highest BCUT2D eigenvalue weighted by Gasteiger charge is 2.41. The van der Waals surface area contributed by atoms with Crippen LogP contribution in [0, 0.1) is 47.4 Å². The van der Waals surface area contributed by atoms with Crippen molar-refractivity contribution in [3.63, 3.8) is 0 Å². The highest BCUT2D eigenvalue weighted by Crippen LogP contribution is 2.36. The number of nitrogens with one attached hydrogen (secondary N) is 4. The molecule has 0 spiro atoms. The summed E-state index contributed by atoms with van der Waals surface area (Å²) in [5, 5.41) is 6.43. The fourth-order valence-electron chi connectivity index (χ4n) is 7.43. The summed E-state index contributed by atoms with van der Waals surface area (Å²) in [4.78, 5) is 71.6. The number of aromatic amines is 2. The SMILES string of the molecule is COC(=O)NC(C(=O)N1CC(C)CC1c1nc(C#Cc2ccc3cc(C#Cc4c[nH]c(C5CC(C)CN5C(=O)C(NC(=O)OC)C(C)C)n4)sc3c2)c[nH]1)C(C)C. The maximum Gasteiger partial charge on any atom is 0.407 e. The molecule has 15 heteroatoms. The van der Waals surface area contributed by atoms with Gasteiger partial charge in [0.15, 0.2) is 0 Å². The number of benzene rings is 1. The smallest absolute Gasteiger partial charge is 0.407 e. The molecule has 6 atom stereocenters. The van der Waals surface area contributed by atoms with E-state index in [1.165, 1.54) is 14.2 Å². The molecule has 5 heterocycles. The van der Waals surface area contributed by atoms with Crippen molar-refractivity contribution in [3.8, 4) is 23.7 Å². The van der Waals surface area contributed by atoms with Gasteiger partial charge in [0.1, 0.15) is 35.1 Å². The maximum absolute atomic E-state index is 13.6. The summed E-state index contributed by atoms with van der Waals surface area (Å²) in [6.07, 6.45) is 3.73. The third-order valence-electron chi connectivity index (χ3n) is 10.4. The Morgan fingerprint density at radius 1 is 0.754 bits per heavy atom. The largest absolute Gasteiger partial charge is 0.453 e. The molecule has 300 valence electrons. The molecule has 2 fully saturated rings. The number of nitrogens with zero attached hydrogens (tertiary/aromatic N) is 4. The molecule has 2 aliphatic rings. The van der Waals surface area contributed by atoms with Crippen LogP contribution in [0.1, 0.15) is 99.9 Å². The molecule has 0 radical (unpaired) electrons. The van der Waals surface area contributed by atoms with Crippen molar-refractivity contribution in [3.05, 3.63) is 70.1 Å². The Bertz CT molecular complexity index is 2130. The molecule has 4 aromatic rings. The molecule has 0 bridgehead atoms. The van der Waals surface area contributed by atoms with E-state index in [1.54, 1.807) is 33.5 Å². The van der Waals surface area contributed by atoms with Crippen LogP contribution in [0.2, 0.25) is 0 Å². The molecule has 1 aromatic carbocycles. The summed E-state index contributed by atoms with van der Waals surface area (Å²) >= 11 is 1.56. The standard InChI is InChI=1S/C42H50N8O6S/c1-23(2)35(47-41(53)55-7)39(51)49-21-25(5)15-32(49)37-43-19-29(45-37)12-10-27-9-11-28-18-31(57-34(28)17-27)14-13-30-20-44-38(46-30)33-16-26(6)22-50(33)40(52)36(24(3)4)48-42(54)56-8/h9,11,17-20,23-26,32-33,35-36H,15-16,21-22H2,1-8H3,(H,43,45)(H,44,46)(H,47,53)(H,48,54). The number of H-pyrrole nitrogens is 2. The van der Waals surface area contributed by atoms with Crippen molar-refractivity contribution in [1.29, 1.82) is 0 Å². The van der Waals surface area contributed by atoms with E-state index in [9.17, 15) is 19.2 Å². The summed E-state index contributed by atoms with van der Waals surface area (Å²) < 4.78 is 10.6. The lowest BCUT2D eigenvalue weighted by Gasteiger charge is -2.30. The average molecular weight is 795 g/mol. The third kappa shape index (κ3) is 9.43. The molecule has 6 unspecified atom stereocenters. The van der Waals surface area contributed by atoms with Gasteiger partial charge >= 0.3 is 12.2 Å². The highest BCUT2D eigenvalue weighted by atomic mass is 32.1. The Balaban J connectivity index is 1.13. The van der Waals surface area contributed by atoms with Gasteiger partial charge in [-0.05, 0) is 77.9 Å². The Morgan fingerprint density at radius 3 is 1.72 bits per heavy atom. The predicted molar refractivity (Wildman–Crippen MR) is 216 cm³/mol. The molecule has 4 N–H and O–H groups in total. The van der Waals surface area contributed by atoms with Gasteiger partial charge < -0.3 is 39.9 Å². The van der Waals surface area contributed by atoms with Crippen LogP contribution in [0.15, 0.2) is 36.7 Å². The Kier molecular flexibility index (Phi) is 12.6. The third-order valence-corrected chi connectivity index (χ3v) is 11.4. The van der Waals surface area contributed by atoms with Crippen molar-refractivity contribution in [2.75, 3.05) is 27.3 Å². The van der Waals surface area contributed by atoms with Crippen molar-refractivity contribution < 1.29 is 28.7 Å². The molecule has 4 amide bonds. The lowest BCUT2D eigenvalue weighted by molar-refractivity contribution is -0.136. The summed E-state index contributed by atoms with van der Waals surface area (Å²) in [5.41, 5.74) is 1.97. The van der Waals surface area contributed by atoms with E-state index in [-0.39, 0.29) is 47.6 Å². The van der Waals surface area contributed by atoms with E-state index in [1.807, 2.05) is 52.0 Å². The van der Waals surface area contributed by atoms with Gasteiger partial charge in [-0.3, -0.25) is 9.59 Å². The molecule has 6 rings (SSSR count). The van der Waals surface area contributed by atoms with Gasteiger partial charge in [0.05, 0.1) is 31.2 Å². The molecule has 2 aliphatic heterocycles. The van der Waals surface area contributed by atoms with Crippen molar-refractivity contribution >= 4 is 45.4 Å². The first kappa shape index (κ1) is 40.9. The molecule has 0 aliphatic carbocycles. The van der Waals surface area contributed by atoms with E-state index in [2.05, 4.69) is 58.1 Å². The topological polar surface area (TPSA) is 175 Å². The number of hydrogen-bond acceptors (Lipinski definition) is 9. The van der Waals surface area contributed by atoms with Crippen LogP contribution in [0.25, 0.3) is 10.1 Å². The number of aromatic nitrogens is 4. The molecule has 0 saturated carbocycles. The number of methoxy groups -OCH3 is 2. The number of likely N-dealkylation sites (tertiary alicyclic amines) is 2. The van der Waals surface area contributed by atoms with Crippen LogP contribution in [0.3, 0.4) is 0 Å². The number of rotatable bonds is 8. The summed E-state index contributed by atoms with van der Waals surface area (Å²) in [7, 11) is 2.56. The number of alkyl carbamates (subject to hydrolysis) is 2. The van der Waals surface area contributed by atoms with Gasteiger partial charge in [-0.1, -0.05) is 53.5 Å². The van der Waals surface area contributed by atoms with E-state index >= 15 is 0 Å². The first-order valence-corrected chi connectivity index (χ1v) is 20.0. The number of carbonyl (C=O) groups excluding carboxylic acids is 4. The second kappa shape index (κ2) is 17.6. The van der Waals surface area contributed by atoms with Gasteiger partial charge in [-0.2, -0.15) is 0 Å². The van der Waals surface area contributed by atoms with Crippen LogP contribution in [0.4, 0.5) is 9.59 Å². The number of fused-ring (bicyclic) bond motifs is 1. The zero-order valence-electron chi connectivity index (χ0n) is 33.6. The number of amides is 4. The van der Waals surface area contributed by atoms with E-state index < -0.39 is 24.3 Å². The molecule has 14 nitrogen and oxygen atoms in total. The highest BCUT2D eigenvalue weighted by molar-refractivity contribution is 7.19. The van der Waals surface area contributed by atoms with Gasteiger partial charge in [0.2, 0.25) is 11.8 Å². The zero-order valence-corrected chi connectivity index (χ0v) is 34.4. The van der Waals surface area contributed by atoms with Gasteiger partial charge in [-0.15, -0.1) is 11.3 Å². The number of thiophene rings is 1. The van der Waals surface area contributed by atoms with E-state index in [0.29, 0.717) is 36.1 Å². The molecule has 57 heavy (non-hydrogen) atoms. The van der Waals surface area contributed by atoms with Crippen molar-refractivity contribution in [2.45, 2.75) is 78.6 Å². The fourth-order valence-corrected chi connectivity index (χ4v) is 8.38. The Labute approximate surface area is 336 Å². The second-order valence-electron chi connectivity index (χ2n) is 15.6. The van der Waals surface area contributed by atoms with Crippen LogP contribution >= 0.6 is 11.3 Å². The van der Waals surface area contributed by atoms with Crippen LogP contribution < -0.4 is 10.6 Å². The molecule has 2 saturated heterocycles. The van der Waals surface area contributed by atoms with Gasteiger partial charge in [-0.25, -0.2) is 19.6 Å². The fraction of sp³-hybridized carbons (Fsp3) is 0.476. The van der Waals surface area contributed by atoms with Crippen LogP contribution in [0.5, 0.6) is 0 Å². The van der Waals surface area contributed by atoms with Crippen LogP contribution in [-0.2, 0) is 19.1 Å². The summed E-state index contributed by atoms with van der Waals surface area (Å²) in [5.74, 6) is 14.1. The number of hydrogen-bond donors (Lipinski definition) is 4. The van der Waals surface area contributed by atoms with Gasteiger partial charge in [0, 0.05) is 35.7 Å².